The zero-order valence-corrected chi connectivity index (χ0v) is 11.3. The van der Waals surface area contributed by atoms with Gasteiger partial charge in [-0.15, -0.1) is 11.3 Å². The van der Waals surface area contributed by atoms with Gasteiger partial charge in [0.25, 0.3) is 0 Å². The van der Waals surface area contributed by atoms with Gasteiger partial charge in [-0.1, -0.05) is 6.92 Å². The van der Waals surface area contributed by atoms with E-state index in [2.05, 4.69) is 45.6 Å². The maximum atomic E-state index is 3.54. The van der Waals surface area contributed by atoms with Crippen LogP contribution in [-0.4, -0.2) is 19.6 Å². The van der Waals surface area contributed by atoms with Crippen LogP contribution >= 0.6 is 27.3 Å². The third-order valence-electron chi connectivity index (χ3n) is 3.01. The highest BCUT2D eigenvalue weighted by Crippen LogP contribution is 2.22. The number of rotatable bonds is 4. The van der Waals surface area contributed by atoms with Crippen molar-refractivity contribution in [2.24, 2.45) is 11.8 Å². The van der Waals surface area contributed by atoms with E-state index in [0.29, 0.717) is 0 Å². The second-order valence-corrected chi connectivity index (χ2v) is 6.78. The highest BCUT2D eigenvalue weighted by Gasteiger charge is 2.22. The molecule has 0 aromatic carbocycles. The normalized spacial score (nSPS) is 26.0. The molecule has 0 radical (unpaired) electrons. The van der Waals surface area contributed by atoms with E-state index in [-0.39, 0.29) is 0 Å². The molecule has 1 saturated heterocycles. The lowest BCUT2D eigenvalue weighted by atomic mass is 9.98. The van der Waals surface area contributed by atoms with Crippen LogP contribution in [0, 0.1) is 11.8 Å². The topological polar surface area (TPSA) is 24.1 Å². The monoisotopic (exact) mass is 288 g/mol. The maximum absolute atomic E-state index is 3.54. The van der Waals surface area contributed by atoms with Crippen LogP contribution in [0.15, 0.2) is 15.9 Å². The van der Waals surface area contributed by atoms with E-state index in [9.17, 15) is 0 Å². The van der Waals surface area contributed by atoms with Gasteiger partial charge in [0.2, 0.25) is 0 Å². The fourth-order valence-corrected chi connectivity index (χ4v) is 3.42. The van der Waals surface area contributed by atoms with Crippen molar-refractivity contribution in [2.75, 3.05) is 19.6 Å². The van der Waals surface area contributed by atoms with E-state index >= 15 is 0 Å². The van der Waals surface area contributed by atoms with Gasteiger partial charge in [-0.25, -0.2) is 0 Å². The van der Waals surface area contributed by atoms with Crippen LogP contribution in [0.2, 0.25) is 0 Å². The molecule has 1 aliphatic heterocycles. The molecule has 0 saturated carbocycles. The first-order chi connectivity index (χ1) is 7.25. The Kier molecular flexibility index (Phi) is 4.20. The van der Waals surface area contributed by atoms with E-state index in [1.54, 1.807) is 0 Å². The molecule has 4 heteroatoms. The zero-order chi connectivity index (χ0) is 10.7. The first-order valence-corrected chi connectivity index (χ1v) is 7.02. The van der Waals surface area contributed by atoms with Crippen LogP contribution in [0.4, 0.5) is 0 Å². The SMILES string of the molecule is C[C@@H]1CNC[C@H]1CNCc1ccc(Br)s1. The summed E-state index contributed by atoms with van der Waals surface area (Å²) >= 11 is 5.29. The molecule has 2 atom stereocenters. The van der Waals surface area contributed by atoms with Crippen LogP contribution in [-0.2, 0) is 6.54 Å². The Morgan fingerprint density at radius 1 is 1.53 bits per heavy atom. The minimum absolute atomic E-state index is 0.799. The van der Waals surface area contributed by atoms with Gasteiger partial charge in [-0.05, 0) is 59.5 Å². The van der Waals surface area contributed by atoms with Crippen molar-refractivity contribution in [3.05, 3.63) is 20.8 Å². The smallest absolute Gasteiger partial charge is 0.0701 e. The Bertz CT molecular complexity index is 313. The van der Waals surface area contributed by atoms with Gasteiger partial charge in [0.1, 0.15) is 0 Å². The Balaban J connectivity index is 1.70. The molecule has 2 nitrogen and oxygen atoms in total. The molecular formula is C11H17BrN2S. The Labute approximate surface area is 104 Å². The van der Waals surface area contributed by atoms with Gasteiger partial charge < -0.3 is 10.6 Å². The molecule has 0 bridgehead atoms. The van der Waals surface area contributed by atoms with Crippen LogP contribution in [0.5, 0.6) is 0 Å². The highest BCUT2D eigenvalue weighted by atomic mass is 79.9. The number of hydrogen-bond donors (Lipinski definition) is 2. The van der Waals surface area contributed by atoms with Crippen LogP contribution in [0.3, 0.4) is 0 Å². The molecule has 0 spiro atoms. The summed E-state index contributed by atoms with van der Waals surface area (Å²) in [5, 5.41) is 6.97. The summed E-state index contributed by atoms with van der Waals surface area (Å²) in [6.45, 7) is 6.80. The third-order valence-corrected chi connectivity index (χ3v) is 4.64. The van der Waals surface area contributed by atoms with Gasteiger partial charge in [-0.2, -0.15) is 0 Å². The van der Waals surface area contributed by atoms with Crippen molar-refractivity contribution < 1.29 is 0 Å². The fraction of sp³-hybridized carbons (Fsp3) is 0.636. The number of nitrogens with one attached hydrogen (secondary N) is 2. The summed E-state index contributed by atoms with van der Waals surface area (Å²) in [5.41, 5.74) is 0. The van der Waals surface area contributed by atoms with Gasteiger partial charge >= 0.3 is 0 Å². The first kappa shape index (κ1) is 11.6. The number of thiophene rings is 1. The Hall–Kier alpha value is 0.1000. The lowest BCUT2D eigenvalue weighted by Crippen LogP contribution is -2.26. The van der Waals surface area contributed by atoms with E-state index in [1.165, 1.54) is 21.8 Å². The Morgan fingerprint density at radius 2 is 2.40 bits per heavy atom. The molecule has 15 heavy (non-hydrogen) atoms. The quantitative estimate of drug-likeness (QED) is 0.889. The molecule has 0 aliphatic carbocycles. The summed E-state index contributed by atoms with van der Waals surface area (Å²) in [7, 11) is 0. The highest BCUT2D eigenvalue weighted by molar-refractivity contribution is 9.11. The third kappa shape index (κ3) is 3.28. The standard InChI is InChI=1S/C11H17BrN2S/c1-8-4-13-5-9(8)6-14-7-10-2-3-11(12)15-10/h2-3,8-9,13-14H,4-7H2,1H3/t8-,9+/m1/s1. The molecule has 0 amide bonds. The van der Waals surface area contributed by atoms with Crippen LogP contribution in [0.1, 0.15) is 11.8 Å². The summed E-state index contributed by atoms with van der Waals surface area (Å²) < 4.78 is 1.22. The van der Waals surface area contributed by atoms with Gasteiger partial charge in [0.05, 0.1) is 3.79 Å². The molecule has 2 N–H and O–H groups in total. The van der Waals surface area contributed by atoms with E-state index < -0.39 is 0 Å². The van der Waals surface area contributed by atoms with Crippen LogP contribution < -0.4 is 10.6 Å². The van der Waals surface area contributed by atoms with Crippen molar-refractivity contribution in [1.29, 1.82) is 0 Å². The molecule has 1 aromatic rings. The maximum Gasteiger partial charge on any atom is 0.0701 e. The average Bonchev–Trinajstić information content (AvgIpc) is 2.77. The molecule has 2 heterocycles. The molecule has 0 unspecified atom stereocenters. The predicted octanol–water partition coefficient (Wildman–Crippen LogP) is 2.46. The second kappa shape index (κ2) is 5.43. The second-order valence-electron chi connectivity index (χ2n) is 4.23. The van der Waals surface area contributed by atoms with Crippen molar-refractivity contribution >= 4 is 27.3 Å². The van der Waals surface area contributed by atoms with Crippen molar-refractivity contribution in [3.63, 3.8) is 0 Å². The summed E-state index contributed by atoms with van der Waals surface area (Å²) in [6, 6.07) is 4.29. The van der Waals surface area contributed by atoms with E-state index in [4.69, 9.17) is 0 Å². The average molecular weight is 289 g/mol. The van der Waals surface area contributed by atoms with E-state index in [1.807, 2.05) is 11.3 Å². The number of halogens is 1. The molecular weight excluding hydrogens is 272 g/mol. The van der Waals surface area contributed by atoms with Gasteiger partial charge in [0, 0.05) is 11.4 Å². The predicted molar refractivity (Wildman–Crippen MR) is 69.2 cm³/mol. The van der Waals surface area contributed by atoms with Crippen molar-refractivity contribution in [1.82, 2.24) is 10.6 Å². The zero-order valence-electron chi connectivity index (χ0n) is 8.92. The number of hydrogen-bond acceptors (Lipinski definition) is 3. The summed E-state index contributed by atoms with van der Waals surface area (Å²) in [6.07, 6.45) is 0. The largest absolute Gasteiger partial charge is 0.316 e. The van der Waals surface area contributed by atoms with Crippen molar-refractivity contribution in [2.45, 2.75) is 13.5 Å². The molecule has 1 fully saturated rings. The minimum Gasteiger partial charge on any atom is -0.316 e. The van der Waals surface area contributed by atoms with Gasteiger partial charge in [-0.3, -0.25) is 0 Å². The first-order valence-electron chi connectivity index (χ1n) is 5.41. The van der Waals surface area contributed by atoms with Crippen molar-refractivity contribution in [3.8, 4) is 0 Å². The minimum atomic E-state index is 0.799. The molecule has 84 valence electrons. The summed E-state index contributed by atoms with van der Waals surface area (Å²) in [5.74, 6) is 1.61. The summed E-state index contributed by atoms with van der Waals surface area (Å²) in [4.78, 5) is 1.40. The van der Waals surface area contributed by atoms with Crippen LogP contribution in [0.25, 0.3) is 0 Å². The van der Waals surface area contributed by atoms with Gasteiger partial charge in [0.15, 0.2) is 0 Å². The molecule has 1 aromatic heterocycles. The molecule has 2 rings (SSSR count). The fourth-order valence-electron chi connectivity index (χ4n) is 1.97. The Morgan fingerprint density at radius 3 is 3.00 bits per heavy atom. The van der Waals surface area contributed by atoms with E-state index in [0.717, 1.165) is 24.9 Å². The lowest BCUT2D eigenvalue weighted by Gasteiger charge is -2.14. The molecule has 1 aliphatic rings. The lowest BCUT2D eigenvalue weighted by molar-refractivity contribution is 0.421.